The predicted octanol–water partition coefficient (Wildman–Crippen LogP) is 5.60. The van der Waals surface area contributed by atoms with Gasteiger partial charge in [0.25, 0.3) is 0 Å². The van der Waals surface area contributed by atoms with Crippen LogP contribution in [0, 0.1) is 5.41 Å². The van der Waals surface area contributed by atoms with Gasteiger partial charge in [0, 0.05) is 5.41 Å². The first-order valence-electron chi connectivity index (χ1n) is 6.55. The Labute approximate surface area is 110 Å². The van der Waals surface area contributed by atoms with Crippen LogP contribution in [0.25, 0.3) is 0 Å². The summed E-state index contributed by atoms with van der Waals surface area (Å²) in [5.41, 5.74) is 2.84. The van der Waals surface area contributed by atoms with E-state index in [9.17, 15) is 0 Å². The zero-order chi connectivity index (χ0) is 13.3. The molecule has 0 unspecified atom stereocenters. The van der Waals surface area contributed by atoms with E-state index < -0.39 is 0 Å². The van der Waals surface area contributed by atoms with E-state index in [2.05, 4.69) is 67.8 Å². The van der Waals surface area contributed by atoms with Crippen molar-refractivity contribution in [3.05, 3.63) is 35.5 Å². The van der Waals surface area contributed by atoms with Crippen molar-refractivity contribution in [3.63, 3.8) is 0 Å². The second-order valence-electron chi connectivity index (χ2n) is 4.96. The summed E-state index contributed by atoms with van der Waals surface area (Å²) in [6.45, 7) is 11.1. The van der Waals surface area contributed by atoms with Gasteiger partial charge in [0.05, 0.1) is 0 Å². The molecular weight excluding hydrogens is 223 g/mol. The molecule has 96 valence electrons. The van der Waals surface area contributed by atoms with Gasteiger partial charge in [-0.2, -0.15) is 0 Å². The lowest BCUT2D eigenvalue weighted by molar-refractivity contribution is 0.584. The molecule has 0 aromatic carbocycles. The highest BCUT2D eigenvalue weighted by molar-refractivity contribution is 7.18. The summed E-state index contributed by atoms with van der Waals surface area (Å²) < 4.78 is 0. The van der Waals surface area contributed by atoms with Crippen LogP contribution in [-0.4, -0.2) is 5.80 Å². The Kier molecular flexibility index (Phi) is 8.17. The third kappa shape index (κ3) is 6.03. The van der Waals surface area contributed by atoms with Crippen LogP contribution in [0.1, 0.15) is 53.9 Å². The molecule has 0 aromatic rings. The minimum atomic E-state index is 0.0913. The van der Waals surface area contributed by atoms with Gasteiger partial charge in [0.1, 0.15) is 0 Å². The van der Waals surface area contributed by atoms with Crippen LogP contribution in [-0.2, 0) is 0 Å². The fraction of sp³-hybridized carbons (Fsp3) is 0.562. The first kappa shape index (κ1) is 16.4. The van der Waals surface area contributed by atoms with E-state index in [0.29, 0.717) is 0 Å². The fourth-order valence-corrected chi connectivity index (χ4v) is 2.15. The quantitative estimate of drug-likeness (QED) is 0.313. The van der Waals surface area contributed by atoms with Crippen LogP contribution in [0.2, 0.25) is 0 Å². The Hall–Kier alpha value is -0.610. The van der Waals surface area contributed by atoms with Gasteiger partial charge in [-0.3, -0.25) is 0 Å². The molecule has 0 fully saturated rings. The van der Waals surface area contributed by atoms with Gasteiger partial charge in [-0.15, -0.1) is 8.86 Å². The Balaban J connectivity index is 5.12. The molecule has 0 bridgehead atoms. The summed E-state index contributed by atoms with van der Waals surface area (Å²) in [5.74, 6) is 1.94. The standard InChI is InChI=1S/C16H27P/c1-6-8-9-12-16(4,5)15(11-13-17)14(3)10-7-2/h9-13,17H,6-8H2,1-5H3/b12-9-,14-10-,15-11+. The van der Waals surface area contributed by atoms with Crippen LogP contribution in [0.3, 0.4) is 0 Å². The Bertz CT molecular complexity index is 316. The zero-order valence-corrected chi connectivity index (χ0v) is 13.0. The second kappa shape index (κ2) is 8.48. The lowest BCUT2D eigenvalue weighted by Gasteiger charge is -2.25. The van der Waals surface area contributed by atoms with Gasteiger partial charge in [-0.1, -0.05) is 64.0 Å². The van der Waals surface area contributed by atoms with Crippen molar-refractivity contribution in [2.45, 2.75) is 53.9 Å². The summed E-state index contributed by atoms with van der Waals surface area (Å²) in [6.07, 6.45) is 12.5. The highest BCUT2D eigenvalue weighted by atomic mass is 31.0. The van der Waals surface area contributed by atoms with Crippen molar-refractivity contribution in [2.75, 3.05) is 0 Å². The van der Waals surface area contributed by atoms with Crippen LogP contribution in [0.15, 0.2) is 35.5 Å². The van der Waals surface area contributed by atoms with Crippen LogP contribution >= 0.6 is 8.86 Å². The van der Waals surface area contributed by atoms with Crippen molar-refractivity contribution >= 4 is 14.7 Å². The maximum atomic E-state index is 3.44. The van der Waals surface area contributed by atoms with Crippen molar-refractivity contribution < 1.29 is 0 Å². The number of rotatable bonds is 7. The smallest absolute Gasteiger partial charge is 0.00779 e. The molecule has 0 saturated heterocycles. The number of hydrogen-bond acceptors (Lipinski definition) is 0. The Morgan fingerprint density at radius 2 is 1.88 bits per heavy atom. The Morgan fingerprint density at radius 1 is 1.24 bits per heavy atom. The molecule has 0 spiro atoms. The van der Waals surface area contributed by atoms with Crippen molar-refractivity contribution in [1.29, 1.82) is 0 Å². The first-order chi connectivity index (χ1) is 7.99. The average Bonchev–Trinajstić information content (AvgIpc) is 2.26. The second-order valence-corrected chi connectivity index (χ2v) is 5.29. The molecule has 0 saturated carbocycles. The van der Waals surface area contributed by atoms with Crippen LogP contribution < -0.4 is 0 Å². The molecular formula is C16H27P. The van der Waals surface area contributed by atoms with E-state index >= 15 is 0 Å². The maximum Gasteiger partial charge on any atom is 0.00779 e. The van der Waals surface area contributed by atoms with Crippen LogP contribution in [0.4, 0.5) is 0 Å². The summed E-state index contributed by atoms with van der Waals surface area (Å²) in [4.78, 5) is 0. The number of allylic oxidation sites excluding steroid dienone is 6. The van der Waals surface area contributed by atoms with Gasteiger partial charge in [-0.25, -0.2) is 0 Å². The summed E-state index contributed by atoms with van der Waals surface area (Å²) >= 11 is 0. The van der Waals surface area contributed by atoms with Gasteiger partial charge in [0.2, 0.25) is 0 Å². The van der Waals surface area contributed by atoms with E-state index in [4.69, 9.17) is 0 Å². The van der Waals surface area contributed by atoms with Crippen molar-refractivity contribution in [1.82, 2.24) is 0 Å². The molecule has 0 rings (SSSR count). The van der Waals surface area contributed by atoms with Crippen molar-refractivity contribution in [3.8, 4) is 0 Å². The molecule has 0 radical (unpaired) electrons. The summed E-state index contributed by atoms with van der Waals surface area (Å²) in [7, 11) is 3.44. The number of unbranched alkanes of at least 4 members (excludes halogenated alkanes) is 1. The topological polar surface area (TPSA) is 0 Å². The predicted molar refractivity (Wildman–Crippen MR) is 84.3 cm³/mol. The van der Waals surface area contributed by atoms with E-state index in [1.807, 2.05) is 5.80 Å². The number of hydrogen-bond donors (Lipinski definition) is 0. The first-order valence-corrected chi connectivity index (χ1v) is 7.13. The van der Waals surface area contributed by atoms with Gasteiger partial charge < -0.3 is 0 Å². The zero-order valence-electron chi connectivity index (χ0n) is 12.0. The van der Waals surface area contributed by atoms with Crippen molar-refractivity contribution in [2.24, 2.45) is 5.41 Å². The fourth-order valence-electron chi connectivity index (χ4n) is 1.99. The van der Waals surface area contributed by atoms with Gasteiger partial charge in [0.15, 0.2) is 0 Å². The molecule has 0 amide bonds. The molecule has 0 heterocycles. The molecule has 1 heteroatoms. The third-order valence-corrected chi connectivity index (χ3v) is 3.04. The monoisotopic (exact) mass is 250 g/mol. The van der Waals surface area contributed by atoms with E-state index in [1.165, 1.54) is 17.6 Å². The normalized spacial score (nSPS) is 14.4. The highest BCUT2D eigenvalue weighted by Crippen LogP contribution is 2.33. The molecule has 0 aliphatic carbocycles. The third-order valence-electron chi connectivity index (χ3n) is 2.87. The Morgan fingerprint density at radius 3 is 2.35 bits per heavy atom. The van der Waals surface area contributed by atoms with E-state index in [1.54, 1.807) is 0 Å². The lowest BCUT2D eigenvalue weighted by Crippen LogP contribution is -2.13. The molecule has 17 heavy (non-hydrogen) atoms. The minimum Gasteiger partial charge on any atom is -0.122 e. The molecule has 0 aliphatic rings. The van der Waals surface area contributed by atoms with Gasteiger partial charge in [-0.05, 0) is 31.1 Å². The van der Waals surface area contributed by atoms with Crippen LogP contribution in [0.5, 0.6) is 0 Å². The van der Waals surface area contributed by atoms with E-state index in [-0.39, 0.29) is 5.41 Å². The van der Waals surface area contributed by atoms with E-state index in [0.717, 1.165) is 12.8 Å². The molecule has 0 aliphatic heterocycles. The summed E-state index contributed by atoms with van der Waals surface area (Å²) in [6, 6.07) is 0. The molecule has 0 nitrogen and oxygen atoms in total. The molecule has 0 aromatic heterocycles. The van der Waals surface area contributed by atoms with Gasteiger partial charge >= 0.3 is 0 Å². The minimum absolute atomic E-state index is 0.0913. The summed E-state index contributed by atoms with van der Waals surface area (Å²) in [5, 5.41) is 0. The molecule has 0 N–H and O–H groups in total. The highest BCUT2D eigenvalue weighted by Gasteiger charge is 2.20. The lowest BCUT2D eigenvalue weighted by atomic mass is 9.79. The SMILES string of the molecule is CC/C=C(C)\C(=C/C=P)C(C)(C)/C=C\CCC. The average molecular weight is 250 g/mol. The maximum absolute atomic E-state index is 3.44. The largest absolute Gasteiger partial charge is 0.122 e. The molecule has 0 atom stereocenters.